The lowest BCUT2D eigenvalue weighted by Gasteiger charge is -2.28. The van der Waals surface area contributed by atoms with Gasteiger partial charge < -0.3 is 15.2 Å². The molecule has 3 nitrogen and oxygen atoms in total. The molecule has 0 spiro atoms. The van der Waals surface area contributed by atoms with Gasteiger partial charge in [0.05, 0.1) is 25.4 Å². The number of ether oxygens (including phenoxy) is 1. The van der Waals surface area contributed by atoms with Crippen molar-refractivity contribution in [3.8, 4) is 0 Å². The first-order valence-electron chi connectivity index (χ1n) is 4.92. The van der Waals surface area contributed by atoms with Crippen molar-refractivity contribution in [2.75, 3.05) is 19.8 Å². The summed E-state index contributed by atoms with van der Waals surface area (Å²) in [5, 5.41) is 13.2. The lowest BCUT2D eigenvalue weighted by molar-refractivity contribution is 0.0177. The zero-order valence-electron chi connectivity index (χ0n) is 8.02. The molecular formula is C11H15NO2. The van der Waals surface area contributed by atoms with E-state index in [4.69, 9.17) is 4.74 Å². The fraction of sp³-hybridized carbons (Fsp3) is 0.455. The number of aliphatic hydroxyl groups excluding tert-OH is 1. The first-order chi connectivity index (χ1) is 6.88. The molecule has 3 heteroatoms. The number of nitrogens with one attached hydrogen (secondary N) is 1. The fourth-order valence-corrected chi connectivity index (χ4v) is 1.67. The van der Waals surface area contributed by atoms with E-state index in [-0.39, 0.29) is 6.04 Å². The van der Waals surface area contributed by atoms with E-state index >= 15 is 0 Å². The standard InChI is InChI=1S/C11H15NO2/c13-11(9-4-2-1-3-5-9)10-8-14-7-6-12-10/h1-5,10-13H,6-8H2/t10-,11?/m1/s1. The molecule has 76 valence electrons. The number of hydrogen-bond acceptors (Lipinski definition) is 3. The highest BCUT2D eigenvalue weighted by Crippen LogP contribution is 2.17. The van der Waals surface area contributed by atoms with Crippen LogP contribution in [0.3, 0.4) is 0 Å². The molecule has 0 aromatic heterocycles. The van der Waals surface area contributed by atoms with E-state index in [1.807, 2.05) is 30.3 Å². The molecule has 0 saturated carbocycles. The van der Waals surface area contributed by atoms with Gasteiger partial charge in [0.2, 0.25) is 0 Å². The number of aliphatic hydroxyl groups is 1. The number of benzene rings is 1. The second kappa shape index (κ2) is 4.55. The zero-order chi connectivity index (χ0) is 9.80. The molecule has 1 heterocycles. The van der Waals surface area contributed by atoms with E-state index in [2.05, 4.69) is 5.32 Å². The molecule has 14 heavy (non-hydrogen) atoms. The first kappa shape index (κ1) is 9.65. The molecule has 0 aliphatic carbocycles. The third-order valence-electron chi connectivity index (χ3n) is 2.47. The van der Waals surface area contributed by atoms with Crippen LogP contribution < -0.4 is 5.32 Å². The van der Waals surface area contributed by atoms with E-state index < -0.39 is 6.10 Å². The molecular weight excluding hydrogens is 178 g/mol. The third-order valence-corrected chi connectivity index (χ3v) is 2.47. The Kier molecular flexibility index (Phi) is 3.14. The second-order valence-corrected chi connectivity index (χ2v) is 3.49. The van der Waals surface area contributed by atoms with Crippen molar-refractivity contribution in [1.82, 2.24) is 5.32 Å². The Morgan fingerprint density at radius 1 is 1.36 bits per heavy atom. The maximum Gasteiger partial charge on any atom is 0.0965 e. The maximum atomic E-state index is 10.0. The third kappa shape index (κ3) is 2.12. The summed E-state index contributed by atoms with van der Waals surface area (Å²) in [6, 6.07) is 9.69. The lowest BCUT2D eigenvalue weighted by Crippen LogP contribution is -2.45. The van der Waals surface area contributed by atoms with Crippen LogP contribution in [0.4, 0.5) is 0 Å². The van der Waals surface area contributed by atoms with Crippen LogP contribution >= 0.6 is 0 Å². The van der Waals surface area contributed by atoms with E-state index in [1.165, 1.54) is 0 Å². The maximum absolute atomic E-state index is 10.0. The molecule has 1 fully saturated rings. The molecule has 1 aromatic rings. The molecule has 1 aromatic carbocycles. The van der Waals surface area contributed by atoms with E-state index in [0.29, 0.717) is 6.61 Å². The number of hydrogen-bond donors (Lipinski definition) is 2. The van der Waals surface area contributed by atoms with Crippen molar-refractivity contribution in [1.29, 1.82) is 0 Å². The van der Waals surface area contributed by atoms with Gasteiger partial charge in [-0.2, -0.15) is 0 Å². The van der Waals surface area contributed by atoms with Gasteiger partial charge in [-0.15, -0.1) is 0 Å². The highest BCUT2D eigenvalue weighted by Gasteiger charge is 2.22. The summed E-state index contributed by atoms with van der Waals surface area (Å²) in [5.74, 6) is 0. The Hall–Kier alpha value is -0.900. The van der Waals surface area contributed by atoms with Gasteiger partial charge in [-0.05, 0) is 5.56 Å². The van der Waals surface area contributed by atoms with Crippen LogP contribution in [0.2, 0.25) is 0 Å². The summed E-state index contributed by atoms with van der Waals surface area (Å²) in [6.45, 7) is 2.13. The van der Waals surface area contributed by atoms with Crippen molar-refractivity contribution in [2.24, 2.45) is 0 Å². The molecule has 1 unspecified atom stereocenters. The normalized spacial score (nSPS) is 24.5. The van der Waals surface area contributed by atoms with Crippen LogP contribution in [0.1, 0.15) is 11.7 Å². The van der Waals surface area contributed by atoms with Crippen LogP contribution in [0.15, 0.2) is 30.3 Å². The van der Waals surface area contributed by atoms with Gasteiger partial charge in [0.1, 0.15) is 0 Å². The van der Waals surface area contributed by atoms with Crippen LogP contribution in [-0.2, 0) is 4.74 Å². The molecule has 2 rings (SSSR count). The SMILES string of the molecule is OC(c1ccccc1)[C@H]1COCCN1. The van der Waals surface area contributed by atoms with E-state index in [0.717, 1.165) is 18.7 Å². The zero-order valence-corrected chi connectivity index (χ0v) is 8.02. The Morgan fingerprint density at radius 2 is 2.14 bits per heavy atom. The highest BCUT2D eigenvalue weighted by atomic mass is 16.5. The molecule has 1 aliphatic heterocycles. The van der Waals surface area contributed by atoms with Gasteiger partial charge in [0.15, 0.2) is 0 Å². The summed E-state index contributed by atoms with van der Waals surface area (Å²) >= 11 is 0. The first-order valence-corrected chi connectivity index (χ1v) is 4.92. The Bertz CT molecular complexity index is 270. The predicted molar refractivity (Wildman–Crippen MR) is 54.0 cm³/mol. The van der Waals surface area contributed by atoms with Crippen molar-refractivity contribution < 1.29 is 9.84 Å². The fourth-order valence-electron chi connectivity index (χ4n) is 1.67. The summed E-state index contributed by atoms with van der Waals surface area (Å²) in [6.07, 6.45) is -0.475. The topological polar surface area (TPSA) is 41.5 Å². The van der Waals surface area contributed by atoms with Gasteiger partial charge in [-0.3, -0.25) is 0 Å². The number of morpholine rings is 1. The van der Waals surface area contributed by atoms with Crippen LogP contribution in [0.25, 0.3) is 0 Å². The minimum Gasteiger partial charge on any atom is -0.387 e. The van der Waals surface area contributed by atoms with Crippen LogP contribution in [0, 0.1) is 0 Å². The van der Waals surface area contributed by atoms with Gasteiger partial charge in [0, 0.05) is 6.54 Å². The van der Waals surface area contributed by atoms with Crippen LogP contribution in [-0.4, -0.2) is 30.9 Å². The van der Waals surface area contributed by atoms with Gasteiger partial charge >= 0.3 is 0 Å². The molecule has 0 amide bonds. The Balaban J connectivity index is 2.03. The Labute approximate surface area is 83.7 Å². The predicted octanol–water partition coefficient (Wildman–Crippen LogP) is 0.708. The summed E-state index contributed by atoms with van der Waals surface area (Å²) in [5.41, 5.74) is 0.940. The van der Waals surface area contributed by atoms with E-state index in [1.54, 1.807) is 0 Å². The summed E-state index contributed by atoms with van der Waals surface area (Å²) in [4.78, 5) is 0. The monoisotopic (exact) mass is 193 g/mol. The van der Waals surface area contributed by atoms with Crippen molar-refractivity contribution >= 4 is 0 Å². The molecule has 1 aliphatic rings. The van der Waals surface area contributed by atoms with E-state index in [9.17, 15) is 5.11 Å². The largest absolute Gasteiger partial charge is 0.387 e. The van der Waals surface area contributed by atoms with Gasteiger partial charge in [0.25, 0.3) is 0 Å². The van der Waals surface area contributed by atoms with Crippen molar-refractivity contribution in [3.05, 3.63) is 35.9 Å². The highest BCUT2D eigenvalue weighted by molar-refractivity contribution is 5.18. The molecule has 0 radical (unpaired) electrons. The van der Waals surface area contributed by atoms with Crippen molar-refractivity contribution in [3.63, 3.8) is 0 Å². The molecule has 2 atom stereocenters. The smallest absolute Gasteiger partial charge is 0.0965 e. The summed E-state index contributed by atoms with van der Waals surface area (Å²) in [7, 11) is 0. The van der Waals surface area contributed by atoms with Gasteiger partial charge in [-0.1, -0.05) is 30.3 Å². The minimum absolute atomic E-state index is 0.0196. The second-order valence-electron chi connectivity index (χ2n) is 3.49. The average molecular weight is 193 g/mol. The molecule has 0 bridgehead atoms. The molecule has 2 N–H and O–H groups in total. The Morgan fingerprint density at radius 3 is 2.79 bits per heavy atom. The minimum atomic E-state index is -0.475. The number of rotatable bonds is 2. The van der Waals surface area contributed by atoms with Crippen LogP contribution in [0.5, 0.6) is 0 Å². The summed E-state index contributed by atoms with van der Waals surface area (Å²) < 4.78 is 5.30. The van der Waals surface area contributed by atoms with Crippen molar-refractivity contribution in [2.45, 2.75) is 12.1 Å². The average Bonchev–Trinajstić information content (AvgIpc) is 2.30. The quantitative estimate of drug-likeness (QED) is 0.726. The van der Waals surface area contributed by atoms with Gasteiger partial charge in [-0.25, -0.2) is 0 Å². The lowest BCUT2D eigenvalue weighted by atomic mass is 10.0. The molecule has 1 saturated heterocycles.